The monoisotopic (exact) mass is 170 g/mol. The number of fused-ring (bicyclic) bond motifs is 1. The Morgan fingerprint density at radius 1 is 1.58 bits per heavy atom. The molecule has 2 saturated heterocycles. The van der Waals surface area contributed by atoms with E-state index in [4.69, 9.17) is 4.74 Å². The summed E-state index contributed by atoms with van der Waals surface area (Å²) in [4.78, 5) is 15.3. The van der Waals surface area contributed by atoms with E-state index in [0.717, 1.165) is 26.2 Å². The van der Waals surface area contributed by atoms with Gasteiger partial charge in [0.1, 0.15) is 6.61 Å². The fourth-order valence-corrected chi connectivity index (χ4v) is 1.84. The average Bonchev–Trinajstić information content (AvgIpc) is 2.47. The topological polar surface area (TPSA) is 32.8 Å². The van der Waals surface area contributed by atoms with Crippen LogP contribution in [0.2, 0.25) is 0 Å². The Morgan fingerprint density at radius 3 is 3.17 bits per heavy atom. The third-order valence-corrected chi connectivity index (χ3v) is 2.65. The second-order valence-corrected chi connectivity index (χ2v) is 3.32. The molecule has 2 rings (SSSR count). The minimum absolute atomic E-state index is 0.129. The van der Waals surface area contributed by atoms with Crippen molar-refractivity contribution < 1.29 is 9.53 Å². The molecular weight excluding hydrogens is 156 g/mol. The Hall–Kier alpha value is -0.770. The minimum atomic E-state index is -0.129. The third kappa shape index (κ3) is 1.16. The number of carbonyl (C=O) groups is 1. The number of ether oxygens (including phenoxy) is 1. The molecule has 2 aliphatic heterocycles. The minimum Gasteiger partial charge on any atom is -0.447 e. The van der Waals surface area contributed by atoms with Crippen LogP contribution >= 0.6 is 0 Å². The van der Waals surface area contributed by atoms with Crippen LogP contribution in [0.15, 0.2) is 0 Å². The van der Waals surface area contributed by atoms with Crippen molar-refractivity contribution >= 4 is 6.09 Å². The molecule has 0 saturated carbocycles. The van der Waals surface area contributed by atoms with Crippen LogP contribution in [-0.4, -0.2) is 54.7 Å². The van der Waals surface area contributed by atoms with E-state index in [0.29, 0.717) is 12.6 Å². The van der Waals surface area contributed by atoms with Crippen LogP contribution in [0, 0.1) is 0 Å². The number of likely N-dealkylation sites (N-methyl/N-ethyl adjacent to an activating group) is 1. The van der Waals surface area contributed by atoms with E-state index in [-0.39, 0.29) is 6.09 Å². The van der Waals surface area contributed by atoms with Gasteiger partial charge in [-0.1, -0.05) is 6.92 Å². The van der Waals surface area contributed by atoms with Crippen LogP contribution in [0.1, 0.15) is 6.92 Å². The molecular formula is C8H14N2O2. The molecule has 4 heteroatoms. The number of piperazine rings is 1. The Morgan fingerprint density at radius 2 is 2.42 bits per heavy atom. The number of nitrogens with zero attached hydrogens (tertiary/aromatic N) is 2. The molecule has 1 atom stereocenters. The summed E-state index contributed by atoms with van der Waals surface area (Å²) in [5, 5.41) is 0. The summed E-state index contributed by atoms with van der Waals surface area (Å²) in [6.07, 6.45) is -0.129. The fraction of sp³-hybridized carbons (Fsp3) is 0.875. The summed E-state index contributed by atoms with van der Waals surface area (Å²) in [5.41, 5.74) is 0. The van der Waals surface area contributed by atoms with Crippen molar-refractivity contribution in [1.29, 1.82) is 0 Å². The number of hydrogen-bond donors (Lipinski definition) is 0. The van der Waals surface area contributed by atoms with E-state index in [1.165, 1.54) is 0 Å². The highest BCUT2D eigenvalue weighted by molar-refractivity contribution is 5.70. The molecule has 12 heavy (non-hydrogen) atoms. The maximum Gasteiger partial charge on any atom is 0.410 e. The molecule has 2 fully saturated rings. The average molecular weight is 170 g/mol. The van der Waals surface area contributed by atoms with E-state index in [2.05, 4.69) is 11.8 Å². The van der Waals surface area contributed by atoms with Gasteiger partial charge in [-0.15, -0.1) is 0 Å². The summed E-state index contributed by atoms with van der Waals surface area (Å²) in [6.45, 7) is 6.59. The van der Waals surface area contributed by atoms with Crippen LogP contribution in [0.4, 0.5) is 4.79 Å². The van der Waals surface area contributed by atoms with Crippen LogP contribution in [0.3, 0.4) is 0 Å². The number of amides is 1. The van der Waals surface area contributed by atoms with Crippen molar-refractivity contribution in [3.63, 3.8) is 0 Å². The molecule has 0 aromatic heterocycles. The van der Waals surface area contributed by atoms with Gasteiger partial charge in [-0.2, -0.15) is 0 Å². The highest BCUT2D eigenvalue weighted by Gasteiger charge is 2.36. The quantitative estimate of drug-likeness (QED) is 0.561. The molecule has 2 heterocycles. The molecule has 1 amide bonds. The molecule has 0 aromatic rings. The van der Waals surface area contributed by atoms with E-state index in [1.807, 2.05) is 4.90 Å². The molecule has 0 aromatic carbocycles. The maximum absolute atomic E-state index is 11.1. The van der Waals surface area contributed by atoms with E-state index in [1.54, 1.807) is 0 Å². The smallest absolute Gasteiger partial charge is 0.410 e. The van der Waals surface area contributed by atoms with Gasteiger partial charge in [0.25, 0.3) is 0 Å². The Bertz CT molecular complexity index is 195. The van der Waals surface area contributed by atoms with Gasteiger partial charge in [0.15, 0.2) is 0 Å². The molecule has 2 aliphatic rings. The van der Waals surface area contributed by atoms with Crippen LogP contribution in [0.5, 0.6) is 0 Å². The molecule has 4 nitrogen and oxygen atoms in total. The van der Waals surface area contributed by atoms with Gasteiger partial charge in [-0.25, -0.2) is 4.79 Å². The zero-order valence-electron chi connectivity index (χ0n) is 7.32. The predicted octanol–water partition coefficient (Wildman–Crippen LogP) is 0.143. The zero-order valence-corrected chi connectivity index (χ0v) is 7.32. The van der Waals surface area contributed by atoms with Gasteiger partial charge in [0, 0.05) is 19.6 Å². The molecule has 1 unspecified atom stereocenters. The van der Waals surface area contributed by atoms with E-state index in [9.17, 15) is 4.79 Å². The van der Waals surface area contributed by atoms with Gasteiger partial charge in [0.05, 0.1) is 6.04 Å². The lowest BCUT2D eigenvalue weighted by atomic mass is 10.2. The number of carbonyl (C=O) groups excluding carboxylic acids is 1. The van der Waals surface area contributed by atoms with Crippen molar-refractivity contribution in [2.75, 3.05) is 32.8 Å². The number of rotatable bonds is 1. The van der Waals surface area contributed by atoms with E-state index >= 15 is 0 Å². The summed E-state index contributed by atoms with van der Waals surface area (Å²) in [5.74, 6) is 0. The first-order valence-electron chi connectivity index (χ1n) is 4.47. The molecule has 0 spiro atoms. The predicted molar refractivity (Wildman–Crippen MR) is 44.0 cm³/mol. The van der Waals surface area contributed by atoms with Crippen molar-refractivity contribution in [1.82, 2.24) is 9.80 Å². The Balaban J connectivity index is 1.99. The van der Waals surface area contributed by atoms with Gasteiger partial charge >= 0.3 is 6.09 Å². The normalized spacial score (nSPS) is 30.2. The van der Waals surface area contributed by atoms with E-state index < -0.39 is 0 Å². The Labute approximate surface area is 72.1 Å². The highest BCUT2D eigenvalue weighted by Crippen LogP contribution is 2.16. The SMILES string of the molecule is CCN1CCN2C(=O)OCC2C1. The molecule has 68 valence electrons. The molecule has 0 bridgehead atoms. The lowest BCUT2D eigenvalue weighted by molar-refractivity contribution is 0.123. The van der Waals surface area contributed by atoms with Gasteiger partial charge < -0.3 is 4.74 Å². The highest BCUT2D eigenvalue weighted by atomic mass is 16.6. The summed E-state index contributed by atoms with van der Waals surface area (Å²) < 4.78 is 4.95. The lowest BCUT2D eigenvalue weighted by Crippen LogP contribution is -2.51. The van der Waals surface area contributed by atoms with Crippen molar-refractivity contribution in [2.24, 2.45) is 0 Å². The van der Waals surface area contributed by atoms with Gasteiger partial charge in [0.2, 0.25) is 0 Å². The first kappa shape index (κ1) is 7.86. The van der Waals surface area contributed by atoms with Crippen LogP contribution in [0.25, 0.3) is 0 Å². The number of hydrogen-bond acceptors (Lipinski definition) is 3. The lowest BCUT2D eigenvalue weighted by Gasteiger charge is -2.34. The first-order valence-corrected chi connectivity index (χ1v) is 4.47. The van der Waals surface area contributed by atoms with Crippen LogP contribution in [-0.2, 0) is 4.74 Å². The zero-order chi connectivity index (χ0) is 8.55. The standard InChI is InChI=1S/C8H14N2O2/c1-2-9-3-4-10-7(5-9)6-12-8(10)11/h7H,2-6H2,1H3. The Kier molecular flexibility index (Phi) is 1.92. The second kappa shape index (κ2) is 2.94. The number of cyclic esters (lactones) is 1. The first-order chi connectivity index (χ1) is 5.81. The van der Waals surface area contributed by atoms with Gasteiger partial charge in [-0.05, 0) is 6.54 Å². The summed E-state index contributed by atoms with van der Waals surface area (Å²) in [6, 6.07) is 0.311. The van der Waals surface area contributed by atoms with Crippen LogP contribution < -0.4 is 0 Å². The van der Waals surface area contributed by atoms with Gasteiger partial charge in [-0.3, -0.25) is 9.80 Å². The van der Waals surface area contributed by atoms with Crippen molar-refractivity contribution in [2.45, 2.75) is 13.0 Å². The molecule has 0 aliphatic carbocycles. The molecule has 0 radical (unpaired) electrons. The summed E-state index contributed by atoms with van der Waals surface area (Å²) in [7, 11) is 0. The van der Waals surface area contributed by atoms with Crippen molar-refractivity contribution in [3.8, 4) is 0 Å². The molecule has 0 N–H and O–H groups in total. The second-order valence-electron chi connectivity index (χ2n) is 3.32. The summed E-state index contributed by atoms with van der Waals surface area (Å²) >= 11 is 0. The maximum atomic E-state index is 11.1. The fourth-order valence-electron chi connectivity index (χ4n) is 1.84. The van der Waals surface area contributed by atoms with Crippen molar-refractivity contribution in [3.05, 3.63) is 0 Å². The third-order valence-electron chi connectivity index (χ3n) is 2.65. The largest absolute Gasteiger partial charge is 0.447 e.